The Morgan fingerprint density at radius 2 is 1.92 bits per heavy atom. The number of sulfonamides is 1. The van der Waals surface area contributed by atoms with E-state index in [1.54, 1.807) is 0 Å². The van der Waals surface area contributed by atoms with Crippen LogP contribution in [0.2, 0.25) is 0 Å². The fourth-order valence-electron chi connectivity index (χ4n) is 3.18. The molecule has 1 aliphatic rings. The van der Waals surface area contributed by atoms with Crippen LogP contribution in [-0.2, 0) is 14.8 Å². The molecule has 0 spiro atoms. The van der Waals surface area contributed by atoms with E-state index >= 15 is 0 Å². The van der Waals surface area contributed by atoms with Crippen LogP contribution in [0.5, 0.6) is 0 Å². The number of rotatable bonds is 8. The monoisotopic (exact) mass is 382 g/mol. The number of hydrogen-bond donors (Lipinski definition) is 3. The molecule has 8 heteroatoms. The van der Waals surface area contributed by atoms with Gasteiger partial charge in [-0.1, -0.05) is 32.3 Å². The molecule has 26 heavy (non-hydrogen) atoms. The van der Waals surface area contributed by atoms with Crippen molar-refractivity contribution in [1.82, 2.24) is 10.0 Å². The van der Waals surface area contributed by atoms with Gasteiger partial charge < -0.3 is 10.4 Å². The molecule has 1 atom stereocenters. The Hall–Kier alpha value is -1.93. The molecular formula is C18H26N2O5S. The number of hydrogen-bond acceptors (Lipinski definition) is 4. The van der Waals surface area contributed by atoms with E-state index in [9.17, 15) is 23.1 Å². The molecular weight excluding hydrogens is 356 g/mol. The normalized spacial score (nSPS) is 17.6. The van der Waals surface area contributed by atoms with Gasteiger partial charge in [0.2, 0.25) is 10.0 Å². The van der Waals surface area contributed by atoms with Gasteiger partial charge in [0, 0.05) is 11.6 Å². The topological polar surface area (TPSA) is 113 Å². The summed E-state index contributed by atoms with van der Waals surface area (Å²) in [7, 11) is -3.72. The Bertz CT molecular complexity index is 772. The second-order valence-electron chi connectivity index (χ2n) is 6.97. The summed E-state index contributed by atoms with van der Waals surface area (Å²) in [6.07, 6.45) is 4.49. The number of carbonyl (C=O) groups is 2. The maximum atomic E-state index is 12.5. The van der Waals surface area contributed by atoms with Crippen molar-refractivity contribution in [2.45, 2.75) is 68.8 Å². The summed E-state index contributed by atoms with van der Waals surface area (Å²) in [4.78, 5) is 24.0. The number of aliphatic carboxylic acids is 1. The second kappa shape index (κ2) is 8.18. The Labute approximate surface area is 154 Å². The quantitative estimate of drug-likeness (QED) is 0.638. The summed E-state index contributed by atoms with van der Waals surface area (Å²) in [5, 5.41) is 11.9. The predicted octanol–water partition coefficient (Wildman–Crippen LogP) is 2.28. The molecule has 3 N–H and O–H groups in total. The van der Waals surface area contributed by atoms with E-state index in [0.717, 1.165) is 25.7 Å². The van der Waals surface area contributed by atoms with Crippen LogP contribution in [0, 0.1) is 0 Å². The van der Waals surface area contributed by atoms with E-state index < -0.39 is 27.4 Å². The minimum atomic E-state index is -3.72. The van der Waals surface area contributed by atoms with Crippen LogP contribution in [0.3, 0.4) is 0 Å². The zero-order valence-corrected chi connectivity index (χ0v) is 15.9. The zero-order chi connectivity index (χ0) is 19.4. The predicted molar refractivity (Wildman–Crippen MR) is 97.4 cm³/mol. The van der Waals surface area contributed by atoms with Crippen molar-refractivity contribution in [3.8, 4) is 0 Å². The highest BCUT2D eigenvalue weighted by atomic mass is 32.2. The lowest BCUT2D eigenvalue weighted by atomic mass is 9.96. The molecule has 1 aliphatic carbocycles. The van der Waals surface area contributed by atoms with Crippen molar-refractivity contribution in [3.05, 3.63) is 29.8 Å². The highest BCUT2D eigenvalue weighted by Gasteiger charge is 2.34. The number of nitrogens with one attached hydrogen (secondary N) is 2. The summed E-state index contributed by atoms with van der Waals surface area (Å²) in [6.45, 7) is 3.27. The fourth-order valence-corrected chi connectivity index (χ4v) is 4.53. The van der Waals surface area contributed by atoms with Gasteiger partial charge in [-0.2, -0.15) is 0 Å². The largest absolute Gasteiger partial charge is 0.480 e. The molecule has 1 unspecified atom stereocenters. The molecule has 0 aliphatic heterocycles. The third-order valence-corrected chi connectivity index (χ3v) is 6.21. The molecule has 1 aromatic carbocycles. The van der Waals surface area contributed by atoms with Crippen molar-refractivity contribution >= 4 is 21.9 Å². The van der Waals surface area contributed by atoms with Gasteiger partial charge in [0.15, 0.2) is 0 Å². The van der Waals surface area contributed by atoms with Crippen LogP contribution in [0.15, 0.2) is 29.2 Å². The fraction of sp³-hybridized carbons (Fsp3) is 0.556. The summed E-state index contributed by atoms with van der Waals surface area (Å²) in [6, 6.07) is 5.59. The molecule has 144 valence electrons. The van der Waals surface area contributed by atoms with Crippen LogP contribution in [0.4, 0.5) is 0 Å². The van der Waals surface area contributed by atoms with E-state index in [0.29, 0.717) is 6.42 Å². The second-order valence-corrected chi connectivity index (χ2v) is 8.69. The third-order valence-electron chi connectivity index (χ3n) is 4.69. The van der Waals surface area contributed by atoms with Gasteiger partial charge in [0.25, 0.3) is 5.91 Å². The first-order valence-corrected chi connectivity index (χ1v) is 10.3. The van der Waals surface area contributed by atoms with Crippen LogP contribution < -0.4 is 10.0 Å². The molecule has 1 amide bonds. The average Bonchev–Trinajstić information content (AvgIpc) is 3.07. The third kappa shape index (κ3) is 4.82. The number of carboxylic acids is 1. The first kappa shape index (κ1) is 20.4. The van der Waals surface area contributed by atoms with E-state index in [1.807, 2.05) is 6.92 Å². The Balaban J connectivity index is 2.19. The first-order chi connectivity index (χ1) is 12.2. The highest BCUT2D eigenvalue weighted by molar-refractivity contribution is 7.89. The number of carbonyl (C=O) groups excluding carboxylic acids is 1. The summed E-state index contributed by atoms with van der Waals surface area (Å²) >= 11 is 0. The van der Waals surface area contributed by atoms with Gasteiger partial charge in [-0.3, -0.25) is 4.79 Å². The first-order valence-electron chi connectivity index (χ1n) is 8.86. The Morgan fingerprint density at radius 3 is 2.50 bits per heavy atom. The molecule has 1 saturated carbocycles. The van der Waals surface area contributed by atoms with Gasteiger partial charge in [-0.05, 0) is 44.4 Å². The van der Waals surface area contributed by atoms with Crippen LogP contribution in [0.1, 0.15) is 62.7 Å². The average molecular weight is 382 g/mol. The molecule has 7 nitrogen and oxygen atoms in total. The highest BCUT2D eigenvalue weighted by Crippen LogP contribution is 2.21. The molecule has 0 heterocycles. The minimum Gasteiger partial charge on any atom is -0.480 e. The van der Waals surface area contributed by atoms with E-state index in [-0.39, 0.29) is 22.9 Å². The van der Waals surface area contributed by atoms with Gasteiger partial charge in [-0.15, -0.1) is 0 Å². The lowest BCUT2D eigenvalue weighted by Gasteiger charge is -2.25. The number of carboxylic acid groups (broad SMARTS) is 1. The molecule has 1 fully saturated rings. The van der Waals surface area contributed by atoms with Crippen molar-refractivity contribution < 1.29 is 23.1 Å². The van der Waals surface area contributed by atoms with Gasteiger partial charge >= 0.3 is 5.97 Å². The Kier molecular flexibility index (Phi) is 6.41. The van der Waals surface area contributed by atoms with Crippen LogP contribution in [0.25, 0.3) is 0 Å². The van der Waals surface area contributed by atoms with Crippen LogP contribution in [-0.4, -0.2) is 37.0 Å². The Morgan fingerprint density at radius 1 is 1.27 bits per heavy atom. The van der Waals surface area contributed by atoms with Gasteiger partial charge in [0.1, 0.15) is 5.54 Å². The minimum absolute atomic E-state index is 0.00423. The van der Waals surface area contributed by atoms with Crippen LogP contribution >= 0.6 is 0 Å². The van der Waals surface area contributed by atoms with E-state index in [1.165, 1.54) is 31.2 Å². The zero-order valence-electron chi connectivity index (χ0n) is 15.1. The van der Waals surface area contributed by atoms with Crippen molar-refractivity contribution in [2.24, 2.45) is 0 Å². The molecule has 0 bridgehead atoms. The standard InChI is InChI=1S/C18H26N2O5S/c1-3-11-18(2,17(22)23)19-16(21)13-7-6-10-15(12-13)26(24,25)20-14-8-4-5-9-14/h6-7,10,12,14,20H,3-5,8-9,11H2,1-2H3,(H,19,21)(H,22,23). The van der Waals surface area contributed by atoms with Crippen molar-refractivity contribution in [3.63, 3.8) is 0 Å². The molecule has 0 aromatic heterocycles. The molecule has 1 aromatic rings. The van der Waals surface area contributed by atoms with Gasteiger partial charge in [0.05, 0.1) is 4.90 Å². The van der Waals surface area contributed by atoms with Gasteiger partial charge in [-0.25, -0.2) is 17.9 Å². The summed E-state index contributed by atoms with van der Waals surface area (Å²) < 4.78 is 27.7. The lowest BCUT2D eigenvalue weighted by molar-refractivity contribution is -0.144. The SMILES string of the molecule is CCCC(C)(NC(=O)c1cccc(S(=O)(=O)NC2CCCC2)c1)C(=O)O. The summed E-state index contributed by atoms with van der Waals surface area (Å²) in [5.41, 5.74) is -1.29. The van der Waals surface area contributed by atoms with Crippen molar-refractivity contribution in [2.75, 3.05) is 0 Å². The molecule has 0 radical (unpaired) electrons. The number of benzene rings is 1. The maximum absolute atomic E-state index is 12.5. The lowest BCUT2D eigenvalue weighted by Crippen LogP contribution is -2.52. The maximum Gasteiger partial charge on any atom is 0.329 e. The van der Waals surface area contributed by atoms with E-state index in [2.05, 4.69) is 10.0 Å². The summed E-state index contributed by atoms with van der Waals surface area (Å²) in [5.74, 6) is -1.74. The van der Waals surface area contributed by atoms with E-state index in [4.69, 9.17) is 0 Å². The molecule has 0 saturated heterocycles. The smallest absolute Gasteiger partial charge is 0.329 e. The number of amides is 1. The van der Waals surface area contributed by atoms with Crippen molar-refractivity contribution in [1.29, 1.82) is 0 Å². The molecule has 2 rings (SSSR count).